The maximum absolute atomic E-state index is 13.0. The van der Waals surface area contributed by atoms with Crippen LogP contribution in [-0.4, -0.2) is 29.9 Å². The fourth-order valence-corrected chi connectivity index (χ4v) is 3.92. The number of halogens is 4. The Hall–Kier alpha value is -2.73. The third-order valence-electron chi connectivity index (χ3n) is 5.53. The van der Waals surface area contributed by atoms with Gasteiger partial charge in [0.05, 0.1) is 24.2 Å². The Balaban J connectivity index is 2.39. The van der Waals surface area contributed by atoms with E-state index in [1.807, 2.05) is 26.0 Å². The number of alkyl halides is 3. The molecule has 0 amide bonds. The van der Waals surface area contributed by atoms with Crippen molar-refractivity contribution in [2.45, 2.75) is 52.3 Å². The molecule has 1 aromatic carbocycles. The Labute approximate surface area is 204 Å². The first-order chi connectivity index (χ1) is 16.0. The van der Waals surface area contributed by atoms with Gasteiger partial charge in [0.1, 0.15) is 0 Å². The summed E-state index contributed by atoms with van der Waals surface area (Å²) < 4.78 is 44.3. The second-order valence-electron chi connectivity index (χ2n) is 7.86. The zero-order valence-electron chi connectivity index (χ0n) is 19.8. The number of nitrogens with zero attached hydrogens (tertiary/aromatic N) is 2. The summed E-state index contributed by atoms with van der Waals surface area (Å²) in [5.41, 5.74) is 6.39. The number of hydrogen-bond acceptors (Lipinski definition) is 4. The zero-order valence-corrected chi connectivity index (χ0v) is 20.6. The molecular weight excluding hydrogens is 465 g/mol. The number of allylic oxidation sites excluding steroid dienone is 2. The Bertz CT molecular complexity index is 1080. The SMILES string of the molecule is C=CCCCN(C(C)=C=CCc1c(Cl)ccc(C(O)C(F)(F)F)c1C)c1ccc(OC)nc1C. The van der Waals surface area contributed by atoms with Gasteiger partial charge in [0.15, 0.2) is 6.10 Å². The summed E-state index contributed by atoms with van der Waals surface area (Å²) in [4.78, 5) is 6.54. The molecule has 34 heavy (non-hydrogen) atoms. The van der Waals surface area contributed by atoms with E-state index in [2.05, 4.69) is 22.2 Å². The predicted octanol–water partition coefficient (Wildman–Crippen LogP) is 7.03. The Morgan fingerprint density at radius 3 is 2.59 bits per heavy atom. The Morgan fingerprint density at radius 1 is 1.29 bits per heavy atom. The van der Waals surface area contributed by atoms with Gasteiger partial charge in [-0.15, -0.1) is 12.3 Å². The van der Waals surface area contributed by atoms with Crippen molar-refractivity contribution in [3.63, 3.8) is 0 Å². The van der Waals surface area contributed by atoms with E-state index in [-0.39, 0.29) is 12.0 Å². The van der Waals surface area contributed by atoms with Gasteiger partial charge in [0.2, 0.25) is 5.88 Å². The van der Waals surface area contributed by atoms with E-state index in [4.69, 9.17) is 16.3 Å². The molecule has 0 aliphatic heterocycles. The summed E-state index contributed by atoms with van der Waals surface area (Å²) >= 11 is 6.27. The number of anilines is 1. The van der Waals surface area contributed by atoms with Crippen LogP contribution < -0.4 is 9.64 Å². The molecule has 0 radical (unpaired) electrons. The highest BCUT2D eigenvalue weighted by molar-refractivity contribution is 6.31. The minimum absolute atomic E-state index is 0.202. The van der Waals surface area contributed by atoms with Gasteiger partial charge in [-0.2, -0.15) is 13.2 Å². The molecule has 8 heteroatoms. The minimum atomic E-state index is -4.75. The Kier molecular flexibility index (Phi) is 9.80. The first kappa shape index (κ1) is 27.5. The van der Waals surface area contributed by atoms with E-state index in [0.29, 0.717) is 28.6 Å². The molecule has 0 aliphatic carbocycles. The first-order valence-corrected chi connectivity index (χ1v) is 11.2. The van der Waals surface area contributed by atoms with Crippen LogP contribution in [0.4, 0.5) is 18.9 Å². The number of aliphatic hydroxyl groups excluding tert-OH is 1. The number of aromatic nitrogens is 1. The monoisotopic (exact) mass is 494 g/mol. The molecule has 0 spiro atoms. The standard InChI is InChI=1S/C26H30ClF3N2O2/c1-6-7-8-16-32(23-14-15-24(34-5)31-19(23)4)17(2)10-9-11-20-18(3)21(12-13-22(20)27)25(33)26(28,29)30/h6,9,12-15,25,33H,1,7-8,11,16H2,2-5H3. The van der Waals surface area contributed by atoms with Gasteiger partial charge in [0, 0.05) is 17.6 Å². The number of aliphatic hydroxyl groups is 1. The summed E-state index contributed by atoms with van der Waals surface area (Å²) in [6.07, 6.45) is -1.73. The van der Waals surface area contributed by atoms with Crippen LogP contribution in [0.2, 0.25) is 5.02 Å². The third-order valence-corrected chi connectivity index (χ3v) is 5.89. The topological polar surface area (TPSA) is 45.6 Å². The quantitative estimate of drug-likeness (QED) is 0.219. The van der Waals surface area contributed by atoms with Crippen molar-refractivity contribution >= 4 is 17.3 Å². The van der Waals surface area contributed by atoms with Gasteiger partial charge < -0.3 is 14.7 Å². The molecule has 0 aliphatic rings. The number of rotatable bonds is 10. The van der Waals surface area contributed by atoms with Crippen LogP contribution in [0.3, 0.4) is 0 Å². The van der Waals surface area contributed by atoms with Crippen LogP contribution in [0.5, 0.6) is 5.88 Å². The fourth-order valence-electron chi connectivity index (χ4n) is 3.64. The summed E-state index contributed by atoms with van der Waals surface area (Å²) in [7, 11) is 1.56. The first-order valence-electron chi connectivity index (χ1n) is 10.9. The summed E-state index contributed by atoms with van der Waals surface area (Å²) in [6.45, 7) is 9.82. The molecule has 1 aromatic heterocycles. The normalized spacial score (nSPS) is 12.0. The molecule has 2 rings (SSSR count). The molecule has 2 aromatic rings. The average Bonchev–Trinajstić information content (AvgIpc) is 2.78. The van der Waals surface area contributed by atoms with E-state index in [9.17, 15) is 18.3 Å². The Morgan fingerprint density at radius 2 is 2.00 bits per heavy atom. The molecule has 0 saturated carbocycles. The van der Waals surface area contributed by atoms with Gasteiger partial charge in [-0.1, -0.05) is 23.7 Å². The molecule has 1 N–H and O–H groups in total. The van der Waals surface area contributed by atoms with Crippen molar-refractivity contribution in [1.82, 2.24) is 4.98 Å². The summed E-state index contributed by atoms with van der Waals surface area (Å²) in [5.74, 6) is 0.524. The smallest absolute Gasteiger partial charge is 0.418 e. The number of pyridine rings is 1. The van der Waals surface area contributed by atoms with Crippen molar-refractivity contribution in [1.29, 1.82) is 0 Å². The lowest BCUT2D eigenvalue weighted by molar-refractivity contribution is -0.207. The summed E-state index contributed by atoms with van der Waals surface area (Å²) in [6, 6.07) is 6.32. The fraction of sp³-hybridized carbons (Fsp3) is 0.385. The second kappa shape index (κ2) is 12.1. The van der Waals surface area contributed by atoms with Crippen LogP contribution in [0, 0.1) is 13.8 Å². The largest absolute Gasteiger partial charge is 0.481 e. The van der Waals surface area contributed by atoms with E-state index in [1.54, 1.807) is 19.3 Å². The highest BCUT2D eigenvalue weighted by Gasteiger charge is 2.40. The maximum atomic E-state index is 13.0. The second-order valence-corrected chi connectivity index (χ2v) is 8.27. The third kappa shape index (κ3) is 6.89. The van der Waals surface area contributed by atoms with Crippen molar-refractivity contribution < 1.29 is 23.0 Å². The predicted molar refractivity (Wildman–Crippen MR) is 130 cm³/mol. The number of ether oxygens (including phenoxy) is 1. The van der Waals surface area contributed by atoms with Crippen molar-refractivity contribution in [3.8, 4) is 5.88 Å². The maximum Gasteiger partial charge on any atom is 0.418 e. The van der Waals surface area contributed by atoms with Crippen LogP contribution in [0.25, 0.3) is 0 Å². The molecule has 1 unspecified atom stereocenters. The highest BCUT2D eigenvalue weighted by atomic mass is 35.5. The molecule has 0 bridgehead atoms. The van der Waals surface area contributed by atoms with Gasteiger partial charge >= 0.3 is 6.18 Å². The van der Waals surface area contributed by atoms with Crippen LogP contribution >= 0.6 is 11.6 Å². The molecule has 0 fully saturated rings. The van der Waals surface area contributed by atoms with Gasteiger partial charge in [-0.3, -0.25) is 0 Å². The molecule has 1 atom stereocenters. The highest BCUT2D eigenvalue weighted by Crippen LogP contribution is 2.36. The van der Waals surface area contributed by atoms with E-state index in [1.165, 1.54) is 19.1 Å². The van der Waals surface area contributed by atoms with E-state index >= 15 is 0 Å². The molecule has 1 heterocycles. The molecular formula is C26H30ClF3N2O2. The number of hydrogen-bond donors (Lipinski definition) is 1. The number of benzene rings is 1. The summed E-state index contributed by atoms with van der Waals surface area (Å²) in [5, 5.41) is 10.0. The number of unbranched alkanes of at least 4 members (excludes halogenated alkanes) is 1. The van der Waals surface area contributed by atoms with Gasteiger partial charge in [-0.25, -0.2) is 4.98 Å². The van der Waals surface area contributed by atoms with Gasteiger partial charge in [-0.05, 0) is 74.9 Å². The lowest BCUT2D eigenvalue weighted by Crippen LogP contribution is -2.23. The zero-order chi connectivity index (χ0) is 25.5. The van der Waals surface area contributed by atoms with Crippen molar-refractivity contribution in [3.05, 3.63) is 81.8 Å². The lowest BCUT2D eigenvalue weighted by atomic mass is 9.96. The minimum Gasteiger partial charge on any atom is -0.481 e. The average molecular weight is 495 g/mol. The van der Waals surface area contributed by atoms with Crippen LogP contribution in [-0.2, 0) is 6.42 Å². The van der Waals surface area contributed by atoms with E-state index < -0.39 is 12.3 Å². The lowest BCUT2D eigenvalue weighted by Gasteiger charge is -2.25. The molecule has 4 nitrogen and oxygen atoms in total. The van der Waals surface area contributed by atoms with Gasteiger partial charge in [0.25, 0.3) is 0 Å². The molecule has 184 valence electrons. The van der Waals surface area contributed by atoms with Crippen molar-refractivity contribution in [2.75, 3.05) is 18.6 Å². The number of methoxy groups -OCH3 is 1. The van der Waals surface area contributed by atoms with E-state index in [0.717, 1.165) is 29.9 Å². The van der Waals surface area contributed by atoms with Crippen molar-refractivity contribution in [2.24, 2.45) is 0 Å². The van der Waals surface area contributed by atoms with Crippen LogP contribution in [0.1, 0.15) is 48.3 Å². The molecule has 0 saturated heterocycles. The van der Waals surface area contributed by atoms with Crippen LogP contribution in [0.15, 0.2) is 54.4 Å². The number of aryl methyl sites for hydroxylation is 1.